The van der Waals surface area contributed by atoms with Crippen LogP contribution in [0.15, 0.2) is 18.2 Å². The third-order valence-electron chi connectivity index (χ3n) is 2.98. The second-order valence-electron chi connectivity index (χ2n) is 4.61. The van der Waals surface area contributed by atoms with Gasteiger partial charge in [-0.3, -0.25) is 14.4 Å². The molecular formula is C15H17NO6. The number of rotatable bonds is 5. The molecule has 0 radical (unpaired) electrons. The zero-order valence-corrected chi connectivity index (χ0v) is 12.5. The predicted molar refractivity (Wildman–Crippen MR) is 76.8 cm³/mol. The molecule has 0 spiro atoms. The normalized spacial score (nSPS) is 13.2. The maximum absolute atomic E-state index is 12.0. The Labute approximate surface area is 127 Å². The Kier molecular flexibility index (Phi) is 4.98. The second-order valence-corrected chi connectivity index (χ2v) is 4.61. The highest BCUT2D eigenvalue weighted by atomic mass is 16.5. The van der Waals surface area contributed by atoms with Crippen molar-refractivity contribution in [3.63, 3.8) is 0 Å². The molecule has 1 heterocycles. The summed E-state index contributed by atoms with van der Waals surface area (Å²) >= 11 is 0. The maximum atomic E-state index is 12.0. The van der Waals surface area contributed by atoms with Crippen molar-refractivity contribution in [1.29, 1.82) is 0 Å². The molecule has 0 saturated heterocycles. The van der Waals surface area contributed by atoms with Gasteiger partial charge in [0.05, 0.1) is 18.7 Å². The zero-order valence-electron chi connectivity index (χ0n) is 12.5. The van der Waals surface area contributed by atoms with Gasteiger partial charge < -0.3 is 19.1 Å². The number of amides is 1. The van der Waals surface area contributed by atoms with E-state index in [0.717, 1.165) is 0 Å². The molecule has 1 aromatic rings. The van der Waals surface area contributed by atoms with E-state index in [4.69, 9.17) is 14.2 Å². The number of hydrogen-bond acceptors (Lipinski definition) is 6. The van der Waals surface area contributed by atoms with Crippen LogP contribution in [0.25, 0.3) is 0 Å². The molecule has 1 aromatic carbocycles. The Morgan fingerprint density at radius 2 is 2.14 bits per heavy atom. The van der Waals surface area contributed by atoms with Gasteiger partial charge in [0.25, 0.3) is 5.91 Å². The van der Waals surface area contributed by atoms with Gasteiger partial charge in [0.2, 0.25) is 0 Å². The lowest BCUT2D eigenvalue weighted by atomic mass is 10.2. The monoisotopic (exact) mass is 307 g/mol. The minimum atomic E-state index is -0.457. The van der Waals surface area contributed by atoms with Gasteiger partial charge in [0.15, 0.2) is 6.61 Å². The van der Waals surface area contributed by atoms with Crippen LogP contribution < -0.4 is 14.4 Å². The van der Waals surface area contributed by atoms with Gasteiger partial charge in [-0.15, -0.1) is 0 Å². The fourth-order valence-corrected chi connectivity index (χ4v) is 2.09. The summed E-state index contributed by atoms with van der Waals surface area (Å²) in [5.74, 6) is -0.289. The van der Waals surface area contributed by atoms with Crippen molar-refractivity contribution >= 4 is 23.5 Å². The van der Waals surface area contributed by atoms with E-state index in [2.05, 4.69) is 0 Å². The lowest BCUT2D eigenvalue weighted by molar-refractivity contribution is -0.142. The zero-order chi connectivity index (χ0) is 16.1. The smallest absolute Gasteiger partial charge is 0.308 e. The summed E-state index contributed by atoms with van der Waals surface area (Å²) < 4.78 is 15.2. The van der Waals surface area contributed by atoms with Crippen LogP contribution in [0.1, 0.15) is 20.3 Å². The molecule has 0 bridgehead atoms. The molecule has 1 aliphatic heterocycles. The van der Waals surface area contributed by atoms with Gasteiger partial charge >= 0.3 is 11.9 Å². The van der Waals surface area contributed by atoms with Crippen LogP contribution in [0.2, 0.25) is 0 Å². The van der Waals surface area contributed by atoms with Crippen molar-refractivity contribution in [2.24, 2.45) is 0 Å². The van der Waals surface area contributed by atoms with E-state index in [0.29, 0.717) is 23.8 Å². The van der Waals surface area contributed by atoms with Gasteiger partial charge in [0, 0.05) is 19.5 Å². The third-order valence-corrected chi connectivity index (χ3v) is 2.98. The third kappa shape index (κ3) is 3.75. The van der Waals surface area contributed by atoms with Crippen molar-refractivity contribution in [2.75, 3.05) is 24.7 Å². The molecule has 7 heteroatoms. The number of esters is 2. The SMILES string of the molecule is CCOC(=O)CCN1C(=O)COc2ccc(OC(C)=O)cc21. The van der Waals surface area contributed by atoms with Crippen molar-refractivity contribution in [3.05, 3.63) is 18.2 Å². The molecule has 1 aliphatic rings. The van der Waals surface area contributed by atoms with Crippen LogP contribution in [0, 0.1) is 0 Å². The summed E-state index contributed by atoms with van der Waals surface area (Å²) in [6, 6.07) is 4.75. The fraction of sp³-hybridized carbons (Fsp3) is 0.400. The molecule has 0 fully saturated rings. The van der Waals surface area contributed by atoms with Gasteiger partial charge in [-0.05, 0) is 19.1 Å². The topological polar surface area (TPSA) is 82.1 Å². The van der Waals surface area contributed by atoms with Crippen molar-refractivity contribution in [1.82, 2.24) is 0 Å². The Morgan fingerprint density at radius 3 is 2.82 bits per heavy atom. The molecule has 0 unspecified atom stereocenters. The Morgan fingerprint density at radius 1 is 1.36 bits per heavy atom. The van der Waals surface area contributed by atoms with Gasteiger partial charge in [-0.25, -0.2) is 0 Å². The van der Waals surface area contributed by atoms with E-state index < -0.39 is 5.97 Å². The summed E-state index contributed by atoms with van der Waals surface area (Å²) in [4.78, 5) is 35.9. The number of anilines is 1. The first-order valence-electron chi connectivity index (χ1n) is 6.92. The predicted octanol–water partition coefficient (Wildman–Crippen LogP) is 1.29. The largest absolute Gasteiger partial charge is 0.482 e. The molecule has 2 rings (SSSR count). The average Bonchev–Trinajstić information content (AvgIpc) is 2.46. The molecule has 1 amide bonds. The van der Waals surface area contributed by atoms with Crippen LogP contribution in [-0.2, 0) is 19.1 Å². The minimum absolute atomic E-state index is 0.0802. The number of fused-ring (bicyclic) bond motifs is 1. The molecule has 7 nitrogen and oxygen atoms in total. The number of nitrogens with zero attached hydrogens (tertiary/aromatic N) is 1. The van der Waals surface area contributed by atoms with E-state index in [9.17, 15) is 14.4 Å². The number of hydrogen-bond donors (Lipinski definition) is 0. The van der Waals surface area contributed by atoms with E-state index in [1.807, 2.05) is 0 Å². The standard InChI is InChI=1S/C15H17NO6/c1-3-20-15(19)6-7-16-12-8-11(22-10(2)17)4-5-13(12)21-9-14(16)18/h4-5,8H,3,6-7,9H2,1-2H3. The van der Waals surface area contributed by atoms with E-state index in [1.54, 1.807) is 25.1 Å². The van der Waals surface area contributed by atoms with Crippen LogP contribution in [-0.4, -0.2) is 37.6 Å². The van der Waals surface area contributed by atoms with E-state index in [1.165, 1.54) is 11.8 Å². The van der Waals surface area contributed by atoms with Crippen molar-refractivity contribution < 1.29 is 28.6 Å². The van der Waals surface area contributed by atoms with Gasteiger partial charge in [-0.2, -0.15) is 0 Å². The number of carbonyl (C=O) groups excluding carboxylic acids is 3. The van der Waals surface area contributed by atoms with Crippen LogP contribution in [0.3, 0.4) is 0 Å². The summed E-state index contributed by atoms with van der Waals surface area (Å²) in [5.41, 5.74) is 0.472. The van der Waals surface area contributed by atoms with Crippen molar-refractivity contribution in [2.45, 2.75) is 20.3 Å². The molecule has 0 aliphatic carbocycles. The fourth-order valence-electron chi connectivity index (χ4n) is 2.09. The van der Waals surface area contributed by atoms with E-state index in [-0.39, 0.29) is 31.4 Å². The molecule has 118 valence electrons. The highest BCUT2D eigenvalue weighted by Gasteiger charge is 2.26. The number of benzene rings is 1. The van der Waals surface area contributed by atoms with Crippen LogP contribution >= 0.6 is 0 Å². The number of ether oxygens (including phenoxy) is 3. The van der Waals surface area contributed by atoms with Crippen molar-refractivity contribution in [3.8, 4) is 11.5 Å². The first-order valence-corrected chi connectivity index (χ1v) is 6.92. The lowest BCUT2D eigenvalue weighted by Gasteiger charge is -2.29. The van der Waals surface area contributed by atoms with Crippen LogP contribution in [0.5, 0.6) is 11.5 Å². The maximum Gasteiger partial charge on any atom is 0.308 e. The molecule has 22 heavy (non-hydrogen) atoms. The lowest BCUT2D eigenvalue weighted by Crippen LogP contribution is -2.40. The second kappa shape index (κ2) is 6.93. The molecule has 0 N–H and O–H groups in total. The number of carbonyl (C=O) groups is 3. The molecule has 0 aromatic heterocycles. The summed E-state index contributed by atoms with van der Waals surface area (Å²) in [6.45, 7) is 3.39. The van der Waals surface area contributed by atoms with Gasteiger partial charge in [-0.1, -0.05) is 0 Å². The summed E-state index contributed by atoms with van der Waals surface area (Å²) in [6.07, 6.45) is 0.0802. The van der Waals surface area contributed by atoms with E-state index >= 15 is 0 Å². The quantitative estimate of drug-likeness (QED) is 0.602. The Bertz CT molecular complexity index is 598. The Balaban J connectivity index is 2.18. The van der Waals surface area contributed by atoms with Gasteiger partial charge in [0.1, 0.15) is 11.5 Å². The Hall–Kier alpha value is -2.57. The van der Waals surface area contributed by atoms with Crippen LogP contribution in [0.4, 0.5) is 5.69 Å². The average molecular weight is 307 g/mol. The summed E-state index contributed by atoms with van der Waals surface area (Å²) in [7, 11) is 0. The highest BCUT2D eigenvalue weighted by Crippen LogP contribution is 2.35. The first kappa shape index (κ1) is 15.8. The molecule has 0 atom stereocenters. The summed E-state index contributed by atoms with van der Waals surface area (Å²) in [5, 5.41) is 0. The minimum Gasteiger partial charge on any atom is -0.482 e. The molecular weight excluding hydrogens is 290 g/mol. The molecule has 0 saturated carbocycles. The highest BCUT2D eigenvalue weighted by molar-refractivity contribution is 5.98. The first-order chi connectivity index (χ1) is 10.5.